The first-order valence-electron chi connectivity index (χ1n) is 6.59. The van der Waals surface area contributed by atoms with Crippen molar-refractivity contribution in [1.29, 1.82) is 0 Å². The lowest BCUT2D eigenvalue weighted by Crippen LogP contribution is -2.33. The Morgan fingerprint density at radius 3 is 2.71 bits per heavy atom. The largest absolute Gasteiger partial charge is 0.481 e. The SMILES string of the molecule is CCN(CCC(=O)O)C(=O)c1cc2ccccc2c(Cl)n1. The number of nitrogens with zero attached hydrogens (tertiary/aromatic N) is 2. The molecule has 0 radical (unpaired) electrons. The molecule has 0 aliphatic heterocycles. The van der Waals surface area contributed by atoms with Crippen molar-refractivity contribution in [2.75, 3.05) is 13.1 Å². The fourth-order valence-corrected chi connectivity index (χ4v) is 2.32. The van der Waals surface area contributed by atoms with E-state index in [0.717, 1.165) is 10.8 Å². The molecule has 0 saturated carbocycles. The molecule has 1 amide bonds. The summed E-state index contributed by atoms with van der Waals surface area (Å²) in [7, 11) is 0. The molecule has 0 saturated heterocycles. The summed E-state index contributed by atoms with van der Waals surface area (Å²) in [4.78, 5) is 28.6. The maximum Gasteiger partial charge on any atom is 0.305 e. The van der Waals surface area contributed by atoms with E-state index in [-0.39, 0.29) is 29.7 Å². The van der Waals surface area contributed by atoms with Crippen LogP contribution in [-0.2, 0) is 4.79 Å². The second kappa shape index (κ2) is 6.54. The summed E-state index contributed by atoms with van der Waals surface area (Å²) in [6.07, 6.45) is -0.0963. The van der Waals surface area contributed by atoms with Crippen LogP contribution in [0.5, 0.6) is 0 Å². The van der Waals surface area contributed by atoms with Crippen LogP contribution in [0.25, 0.3) is 10.8 Å². The summed E-state index contributed by atoms with van der Waals surface area (Å²) < 4.78 is 0. The molecule has 0 aliphatic rings. The normalized spacial score (nSPS) is 10.6. The van der Waals surface area contributed by atoms with E-state index >= 15 is 0 Å². The quantitative estimate of drug-likeness (QED) is 0.862. The van der Waals surface area contributed by atoms with Gasteiger partial charge in [-0.25, -0.2) is 4.98 Å². The summed E-state index contributed by atoms with van der Waals surface area (Å²) in [5.41, 5.74) is 0.228. The number of carbonyl (C=O) groups is 2. The van der Waals surface area contributed by atoms with Crippen LogP contribution >= 0.6 is 11.6 Å². The van der Waals surface area contributed by atoms with Gasteiger partial charge in [-0.3, -0.25) is 9.59 Å². The zero-order chi connectivity index (χ0) is 15.4. The molecule has 21 heavy (non-hydrogen) atoms. The van der Waals surface area contributed by atoms with Crippen LogP contribution in [0.4, 0.5) is 0 Å². The summed E-state index contributed by atoms with van der Waals surface area (Å²) in [5, 5.41) is 10.6. The average Bonchev–Trinajstić information content (AvgIpc) is 2.47. The number of pyridine rings is 1. The van der Waals surface area contributed by atoms with Crippen molar-refractivity contribution < 1.29 is 14.7 Å². The fraction of sp³-hybridized carbons (Fsp3) is 0.267. The molecule has 1 aromatic heterocycles. The summed E-state index contributed by atoms with van der Waals surface area (Å²) >= 11 is 6.11. The fourth-order valence-electron chi connectivity index (χ4n) is 2.06. The first kappa shape index (κ1) is 15.3. The highest BCUT2D eigenvalue weighted by atomic mass is 35.5. The van der Waals surface area contributed by atoms with Crippen LogP contribution in [-0.4, -0.2) is 40.0 Å². The van der Waals surface area contributed by atoms with E-state index in [2.05, 4.69) is 4.98 Å². The van der Waals surface area contributed by atoms with Crippen molar-refractivity contribution in [3.8, 4) is 0 Å². The summed E-state index contributed by atoms with van der Waals surface area (Å²) in [6.45, 7) is 2.36. The molecular weight excluding hydrogens is 292 g/mol. The number of rotatable bonds is 5. The maximum absolute atomic E-state index is 12.4. The maximum atomic E-state index is 12.4. The lowest BCUT2D eigenvalue weighted by molar-refractivity contribution is -0.137. The van der Waals surface area contributed by atoms with Gasteiger partial charge in [-0.2, -0.15) is 0 Å². The minimum atomic E-state index is -0.939. The first-order valence-corrected chi connectivity index (χ1v) is 6.97. The van der Waals surface area contributed by atoms with Crippen molar-refractivity contribution in [1.82, 2.24) is 9.88 Å². The number of carboxylic acid groups (broad SMARTS) is 1. The zero-order valence-corrected chi connectivity index (χ0v) is 12.3. The van der Waals surface area contributed by atoms with Crippen LogP contribution in [0, 0.1) is 0 Å². The number of hydrogen-bond donors (Lipinski definition) is 1. The first-order chi connectivity index (χ1) is 10.0. The van der Waals surface area contributed by atoms with E-state index < -0.39 is 5.97 Å². The van der Waals surface area contributed by atoms with Crippen LogP contribution in [0.3, 0.4) is 0 Å². The lowest BCUT2D eigenvalue weighted by Gasteiger charge is -2.19. The monoisotopic (exact) mass is 306 g/mol. The highest BCUT2D eigenvalue weighted by Gasteiger charge is 2.18. The second-order valence-electron chi connectivity index (χ2n) is 4.55. The predicted molar refractivity (Wildman–Crippen MR) is 80.6 cm³/mol. The number of hydrogen-bond acceptors (Lipinski definition) is 3. The molecule has 2 rings (SSSR count). The number of carbonyl (C=O) groups excluding carboxylic acids is 1. The highest BCUT2D eigenvalue weighted by Crippen LogP contribution is 2.22. The molecule has 0 fully saturated rings. The van der Waals surface area contributed by atoms with E-state index in [1.165, 1.54) is 4.90 Å². The number of aliphatic carboxylic acids is 1. The molecule has 0 aliphatic carbocycles. The minimum Gasteiger partial charge on any atom is -0.481 e. The molecule has 0 atom stereocenters. The van der Waals surface area contributed by atoms with Crippen LogP contribution < -0.4 is 0 Å². The number of amides is 1. The molecule has 1 N–H and O–H groups in total. The minimum absolute atomic E-state index is 0.0963. The molecule has 0 bridgehead atoms. The number of halogens is 1. The molecular formula is C15H15ClN2O3. The van der Waals surface area contributed by atoms with Gasteiger partial charge in [0.2, 0.25) is 0 Å². The van der Waals surface area contributed by atoms with E-state index in [1.807, 2.05) is 24.3 Å². The topological polar surface area (TPSA) is 70.5 Å². The van der Waals surface area contributed by atoms with Crippen LogP contribution in [0.15, 0.2) is 30.3 Å². The Kier molecular flexibility index (Phi) is 4.75. The van der Waals surface area contributed by atoms with E-state index in [9.17, 15) is 9.59 Å². The smallest absolute Gasteiger partial charge is 0.305 e. The third kappa shape index (κ3) is 3.49. The van der Waals surface area contributed by atoms with E-state index in [1.54, 1.807) is 13.0 Å². The van der Waals surface area contributed by atoms with Gasteiger partial charge in [0.1, 0.15) is 10.8 Å². The van der Waals surface area contributed by atoms with Gasteiger partial charge in [-0.1, -0.05) is 35.9 Å². The van der Waals surface area contributed by atoms with Crippen LogP contribution in [0.2, 0.25) is 5.15 Å². The number of fused-ring (bicyclic) bond motifs is 1. The van der Waals surface area contributed by atoms with Crippen molar-refractivity contribution in [3.05, 3.63) is 41.2 Å². The molecule has 1 aromatic carbocycles. The molecule has 1 heterocycles. The Morgan fingerprint density at radius 2 is 2.05 bits per heavy atom. The Balaban J connectivity index is 2.31. The Hall–Kier alpha value is -2.14. The predicted octanol–water partition coefficient (Wildman–Crippen LogP) is 2.83. The second-order valence-corrected chi connectivity index (χ2v) is 4.91. The van der Waals surface area contributed by atoms with Gasteiger partial charge in [-0.05, 0) is 18.4 Å². The summed E-state index contributed by atoms with van der Waals surface area (Å²) in [5.74, 6) is -1.25. The van der Waals surface area contributed by atoms with Gasteiger partial charge in [-0.15, -0.1) is 0 Å². The lowest BCUT2D eigenvalue weighted by atomic mass is 10.1. The van der Waals surface area contributed by atoms with Crippen molar-refractivity contribution in [3.63, 3.8) is 0 Å². The van der Waals surface area contributed by atoms with Crippen molar-refractivity contribution in [2.24, 2.45) is 0 Å². The van der Waals surface area contributed by atoms with Gasteiger partial charge < -0.3 is 10.0 Å². The molecule has 0 unspecified atom stereocenters. The van der Waals surface area contributed by atoms with Gasteiger partial charge in [0.25, 0.3) is 5.91 Å². The third-order valence-electron chi connectivity index (χ3n) is 3.18. The van der Waals surface area contributed by atoms with Gasteiger partial charge >= 0.3 is 5.97 Å². The van der Waals surface area contributed by atoms with Gasteiger partial charge in [0.05, 0.1) is 6.42 Å². The Morgan fingerprint density at radius 1 is 1.33 bits per heavy atom. The van der Waals surface area contributed by atoms with Gasteiger partial charge in [0.15, 0.2) is 0 Å². The van der Waals surface area contributed by atoms with Crippen molar-refractivity contribution >= 4 is 34.2 Å². The Labute approximate surface area is 127 Å². The zero-order valence-electron chi connectivity index (χ0n) is 11.5. The average molecular weight is 307 g/mol. The number of aromatic nitrogens is 1. The molecule has 5 nitrogen and oxygen atoms in total. The highest BCUT2D eigenvalue weighted by molar-refractivity contribution is 6.34. The van der Waals surface area contributed by atoms with E-state index in [0.29, 0.717) is 6.54 Å². The Bertz CT molecular complexity index is 688. The molecule has 6 heteroatoms. The van der Waals surface area contributed by atoms with Gasteiger partial charge in [0, 0.05) is 18.5 Å². The van der Waals surface area contributed by atoms with Crippen molar-refractivity contribution in [2.45, 2.75) is 13.3 Å². The summed E-state index contributed by atoms with van der Waals surface area (Å²) in [6, 6.07) is 9.07. The molecule has 110 valence electrons. The number of carboxylic acids is 1. The third-order valence-corrected chi connectivity index (χ3v) is 3.47. The molecule has 2 aromatic rings. The van der Waals surface area contributed by atoms with Crippen LogP contribution in [0.1, 0.15) is 23.8 Å². The standard InChI is InChI=1S/C15H15ClN2O3/c1-2-18(8-7-13(19)20)15(21)12-9-10-5-3-4-6-11(10)14(16)17-12/h3-6,9H,2,7-8H2,1H3,(H,19,20). The molecule has 0 spiro atoms. The van der Waals surface area contributed by atoms with E-state index in [4.69, 9.17) is 16.7 Å². The number of benzene rings is 1.